The number of hydrogen-bond donors (Lipinski definition) is 1. The molecule has 1 unspecified atom stereocenters. The van der Waals surface area contributed by atoms with Gasteiger partial charge in [0, 0.05) is 40.6 Å². The number of carbonyl (C=O) groups excluding carboxylic acids is 2. The van der Waals surface area contributed by atoms with Crippen LogP contribution in [0.2, 0.25) is 0 Å². The first-order valence-corrected chi connectivity index (χ1v) is 11.9. The number of fused-ring (bicyclic) bond motifs is 2. The fraction of sp³-hybridized carbons (Fsp3) is 0.129. The maximum absolute atomic E-state index is 14.2. The number of hydrogen-bond acceptors (Lipinski definition) is 4. The highest BCUT2D eigenvalue weighted by atomic mass is 16.5. The van der Waals surface area contributed by atoms with Crippen LogP contribution in [0.1, 0.15) is 43.0 Å². The van der Waals surface area contributed by atoms with Gasteiger partial charge in [-0.1, -0.05) is 42.5 Å². The Kier molecular flexibility index (Phi) is 5.26. The number of benzene rings is 3. The molecular weight excluding hydrogens is 448 g/mol. The van der Waals surface area contributed by atoms with E-state index in [1.807, 2.05) is 73.8 Å². The number of nitrogens with zero attached hydrogens (tertiary/aromatic N) is 1. The number of Topliss-reactive ketones (excluding diaryl/α,β-unsaturated/α-hetero) is 2. The molecule has 0 radical (unpaired) electrons. The lowest BCUT2D eigenvalue weighted by Gasteiger charge is -2.27. The summed E-state index contributed by atoms with van der Waals surface area (Å²) >= 11 is 0. The van der Waals surface area contributed by atoms with E-state index in [9.17, 15) is 9.59 Å². The fourth-order valence-corrected chi connectivity index (χ4v) is 5.17. The topological polar surface area (TPSA) is 72.1 Å². The van der Waals surface area contributed by atoms with Crippen molar-refractivity contribution in [2.45, 2.75) is 25.4 Å². The second-order valence-electron chi connectivity index (χ2n) is 9.31. The SMILES string of the molecule is Cc1c[nH]c2cc(C3(Cc4ccncc4)C(=O)c4ccc(OCc5ccccc5)cc4C3=O)ccc12. The molecule has 0 saturated carbocycles. The highest BCUT2D eigenvalue weighted by Gasteiger charge is 2.54. The number of carbonyl (C=O) groups is 2. The molecule has 0 bridgehead atoms. The molecule has 2 aromatic heterocycles. The molecule has 3 aromatic carbocycles. The maximum Gasteiger partial charge on any atom is 0.182 e. The van der Waals surface area contributed by atoms with Crippen molar-refractivity contribution in [1.29, 1.82) is 0 Å². The molecule has 36 heavy (non-hydrogen) atoms. The van der Waals surface area contributed by atoms with Crippen LogP contribution in [0, 0.1) is 6.92 Å². The van der Waals surface area contributed by atoms with Crippen LogP contribution in [0.4, 0.5) is 0 Å². The van der Waals surface area contributed by atoms with Crippen LogP contribution in [0.25, 0.3) is 10.9 Å². The Morgan fingerprint density at radius 1 is 0.833 bits per heavy atom. The van der Waals surface area contributed by atoms with Crippen LogP contribution in [-0.4, -0.2) is 21.5 Å². The van der Waals surface area contributed by atoms with Crippen LogP contribution in [0.5, 0.6) is 5.75 Å². The van der Waals surface area contributed by atoms with Crippen molar-refractivity contribution in [3.63, 3.8) is 0 Å². The molecular formula is C31H24N2O3. The lowest BCUT2D eigenvalue weighted by molar-refractivity contribution is 0.0793. The predicted octanol–water partition coefficient (Wildman–Crippen LogP) is 6.01. The van der Waals surface area contributed by atoms with E-state index in [1.54, 1.807) is 30.6 Å². The number of aryl methyl sites for hydroxylation is 1. The van der Waals surface area contributed by atoms with Crippen molar-refractivity contribution in [3.8, 4) is 5.75 Å². The zero-order valence-electron chi connectivity index (χ0n) is 19.8. The number of H-pyrrole nitrogens is 1. The van der Waals surface area contributed by atoms with Gasteiger partial charge in [0.15, 0.2) is 11.6 Å². The van der Waals surface area contributed by atoms with Gasteiger partial charge in [-0.25, -0.2) is 0 Å². The van der Waals surface area contributed by atoms with Gasteiger partial charge in [0.05, 0.1) is 0 Å². The summed E-state index contributed by atoms with van der Waals surface area (Å²) in [5.41, 5.74) is 4.10. The second kappa shape index (κ2) is 8.61. The standard InChI is InChI=1S/C31H24N2O3/c1-20-18-33-28-15-23(7-9-25(20)28)31(17-21-11-13-32-14-12-21)29(34)26-10-8-24(16-27(26)30(31)35)36-19-22-5-3-2-4-6-22/h2-16,18,33H,17,19H2,1H3. The number of ketones is 2. The minimum absolute atomic E-state index is 0.184. The molecule has 1 atom stereocenters. The summed E-state index contributed by atoms with van der Waals surface area (Å²) in [5, 5.41) is 1.07. The number of aromatic nitrogens is 2. The lowest BCUT2D eigenvalue weighted by atomic mass is 9.71. The smallest absolute Gasteiger partial charge is 0.182 e. The Bertz CT molecular complexity index is 1610. The van der Waals surface area contributed by atoms with Crippen molar-refractivity contribution in [2.75, 3.05) is 0 Å². The molecule has 5 nitrogen and oxygen atoms in total. The normalized spacial score (nSPS) is 16.9. The highest BCUT2D eigenvalue weighted by Crippen LogP contribution is 2.44. The van der Waals surface area contributed by atoms with Gasteiger partial charge in [-0.3, -0.25) is 14.6 Å². The van der Waals surface area contributed by atoms with Gasteiger partial charge in [-0.2, -0.15) is 0 Å². The summed E-state index contributed by atoms with van der Waals surface area (Å²) in [6.07, 6.45) is 5.57. The summed E-state index contributed by atoms with van der Waals surface area (Å²) in [6.45, 7) is 2.41. The zero-order valence-corrected chi connectivity index (χ0v) is 19.8. The first-order valence-electron chi connectivity index (χ1n) is 11.9. The van der Waals surface area contributed by atoms with E-state index in [4.69, 9.17) is 4.74 Å². The monoisotopic (exact) mass is 472 g/mol. The fourth-order valence-electron chi connectivity index (χ4n) is 5.17. The average Bonchev–Trinajstić information content (AvgIpc) is 3.39. The molecule has 0 fully saturated rings. The number of rotatable bonds is 6. The highest BCUT2D eigenvalue weighted by molar-refractivity contribution is 6.33. The maximum atomic E-state index is 14.2. The Hall–Kier alpha value is -4.51. The molecule has 1 aliphatic rings. The van der Waals surface area contributed by atoms with E-state index in [0.717, 1.165) is 27.6 Å². The average molecular weight is 473 g/mol. The van der Waals surface area contributed by atoms with Gasteiger partial charge in [-0.15, -0.1) is 0 Å². The molecule has 5 aromatic rings. The van der Waals surface area contributed by atoms with Gasteiger partial charge in [0.2, 0.25) is 0 Å². The quantitative estimate of drug-likeness (QED) is 0.307. The Morgan fingerprint density at radius 2 is 1.61 bits per heavy atom. The number of nitrogens with one attached hydrogen (secondary N) is 1. The Labute approximate surface area is 208 Å². The van der Waals surface area contributed by atoms with Crippen molar-refractivity contribution in [1.82, 2.24) is 9.97 Å². The lowest BCUT2D eigenvalue weighted by Crippen LogP contribution is -2.40. The third kappa shape index (κ3) is 3.52. The third-order valence-electron chi connectivity index (χ3n) is 7.10. The summed E-state index contributed by atoms with van der Waals surface area (Å²) in [4.78, 5) is 35.7. The van der Waals surface area contributed by atoms with Crippen LogP contribution in [0.3, 0.4) is 0 Å². The summed E-state index contributed by atoms with van der Waals surface area (Å²) in [6, 6.07) is 24.6. The van der Waals surface area contributed by atoms with Crippen molar-refractivity contribution in [2.24, 2.45) is 0 Å². The predicted molar refractivity (Wildman–Crippen MR) is 139 cm³/mol. The molecule has 0 saturated heterocycles. The van der Waals surface area contributed by atoms with Gasteiger partial charge in [0.1, 0.15) is 17.8 Å². The van der Waals surface area contributed by atoms with Gasteiger partial charge in [-0.05, 0) is 72.0 Å². The van der Waals surface area contributed by atoms with E-state index >= 15 is 0 Å². The van der Waals surface area contributed by atoms with Crippen molar-refractivity contribution in [3.05, 3.63) is 131 Å². The summed E-state index contributed by atoms with van der Waals surface area (Å²) < 4.78 is 5.98. The molecule has 0 amide bonds. The van der Waals surface area contributed by atoms with Gasteiger partial charge >= 0.3 is 0 Å². The first kappa shape index (κ1) is 22.0. The summed E-state index contributed by atoms with van der Waals surface area (Å²) in [5.74, 6) is 0.178. The first-order chi connectivity index (χ1) is 17.6. The largest absolute Gasteiger partial charge is 0.489 e. The van der Waals surface area contributed by atoms with E-state index in [0.29, 0.717) is 29.0 Å². The molecule has 5 heteroatoms. The second-order valence-corrected chi connectivity index (χ2v) is 9.31. The summed E-state index contributed by atoms with van der Waals surface area (Å²) in [7, 11) is 0. The molecule has 1 N–H and O–H groups in total. The van der Waals surface area contributed by atoms with E-state index in [1.165, 1.54) is 0 Å². The van der Waals surface area contributed by atoms with Crippen LogP contribution in [0.15, 0.2) is 97.5 Å². The van der Waals surface area contributed by atoms with Crippen LogP contribution >= 0.6 is 0 Å². The van der Waals surface area contributed by atoms with Gasteiger partial charge < -0.3 is 9.72 Å². The Balaban J connectivity index is 1.43. The molecule has 0 aliphatic heterocycles. The number of ether oxygens (including phenoxy) is 1. The minimum Gasteiger partial charge on any atom is -0.489 e. The molecule has 1 aliphatic carbocycles. The molecule has 176 valence electrons. The number of pyridine rings is 1. The molecule has 2 heterocycles. The van der Waals surface area contributed by atoms with E-state index < -0.39 is 5.41 Å². The third-order valence-corrected chi connectivity index (χ3v) is 7.10. The minimum atomic E-state index is -1.35. The Morgan fingerprint density at radius 3 is 2.42 bits per heavy atom. The van der Waals surface area contributed by atoms with Crippen LogP contribution < -0.4 is 4.74 Å². The van der Waals surface area contributed by atoms with Gasteiger partial charge in [0.25, 0.3) is 0 Å². The van der Waals surface area contributed by atoms with E-state index in [2.05, 4.69) is 9.97 Å². The zero-order chi connectivity index (χ0) is 24.7. The van der Waals surface area contributed by atoms with Crippen molar-refractivity contribution >= 4 is 22.5 Å². The van der Waals surface area contributed by atoms with E-state index in [-0.39, 0.29) is 18.0 Å². The number of aromatic amines is 1. The molecule has 0 spiro atoms. The van der Waals surface area contributed by atoms with Crippen LogP contribution in [-0.2, 0) is 18.4 Å². The molecule has 6 rings (SSSR count). The van der Waals surface area contributed by atoms with Crippen molar-refractivity contribution < 1.29 is 14.3 Å².